The van der Waals surface area contributed by atoms with Crippen molar-refractivity contribution in [3.8, 4) is 0 Å². The van der Waals surface area contributed by atoms with Gasteiger partial charge in [-0.05, 0) is 43.3 Å². The first-order chi connectivity index (χ1) is 15.6. The molecule has 7 heteroatoms. The standard InChI is InChI=1S/C25H20N4O3/c1-15(24(30)26-17-9-7-8-16(14-17)25(31)32-2)29-21-13-6-3-10-18(21)22-23(29)28-20-12-5-4-11-19(20)27-22/h3-15H,1-2H3,(H,26,30). The Hall–Kier alpha value is -4.26. The van der Waals surface area contributed by atoms with E-state index < -0.39 is 12.0 Å². The smallest absolute Gasteiger partial charge is 0.337 e. The Morgan fingerprint density at radius 3 is 2.44 bits per heavy atom. The Labute approximate surface area is 183 Å². The second kappa shape index (κ2) is 7.77. The molecule has 2 aromatic heterocycles. The van der Waals surface area contributed by atoms with E-state index in [1.54, 1.807) is 24.3 Å². The molecular weight excluding hydrogens is 404 g/mol. The van der Waals surface area contributed by atoms with Crippen LogP contribution in [-0.4, -0.2) is 33.5 Å². The van der Waals surface area contributed by atoms with E-state index in [1.807, 2.05) is 60.0 Å². The van der Waals surface area contributed by atoms with Crippen molar-refractivity contribution in [3.63, 3.8) is 0 Å². The fraction of sp³-hybridized carbons (Fsp3) is 0.120. The third kappa shape index (κ3) is 3.24. The minimum Gasteiger partial charge on any atom is -0.465 e. The second-order valence-electron chi connectivity index (χ2n) is 7.51. The van der Waals surface area contributed by atoms with Gasteiger partial charge in [0.05, 0.1) is 29.2 Å². The van der Waals surface area contributed by atoms with Gasteiger partial charge in [0.25, 0.3) is 0 Å². The maximum absolute atomic E-state index is 13.2. The fourth-order valence-corrected chi connectivity index (χ4v) is 3.94. The Morgan fingerprint density at radius 2 is 1.66 bits per heavy atom. The van der Waals surface area contributed by atoms with Crippen molar-refractivity contribution >= 4 is 50.7 Å². The number of para-hydroxylation sites is 3. The Balaban J connectivity index is 1.59. The molecule has 2 heterocycles. The number of nitrogens with one attached hydrogen (secondary N) is 1. The lowest BCUT2D eigenvalue weighted by atomic mass is 10.2. The van der Waals surface area contributed by atoms with E-state index in [4.69, 9.17) is 14.7 Å². The normalized spacial score (nSPS) is 12.2. The first kappa shape index (κ1) is 19.7. The van der Waals surface area contributed by atoms with E-state index in [0.717, 1.165) is 27.5 Å². The van der Waals surface area contributed by atoms with Gasteiger partial charge in [-0.3, -0.25) is 4.79 Å². The third-order valence-electron chi connectivity index (χ3n) is 5.52. The van der Waals surface area contributed by atoms with E-state index in [-0.39, 0.29) is 5.91 Å². The maximum atomic E-state index is 13.2. The van der Waals surface area contributed by atoms with E-state index >= 15 is 0 Å². The zero-order chi connectivity index (χ0) is 22.2. The quantitative estimate of drug-likeness (QED) is 0.422. The summed E-state index contributed by atoms with van der Waals surface area (Å²) in [6.07, 6.45) is 0. The molecule has 1 amide bonds. The van der Waals surface area contributed by atoms with Gasteiger partial charge in [-0.15, -0.1) is 0 Å². The molecule has 0 aliphatic carbocycles. The topological polar surface area (TPSA) is 86.1 Å². The summed E-state index contributed by atoms with van der Waals surface area (Å²) in [7, 11) is 1.32. The lowest BCUT2D eigenvalue weighted by Gasteiger charge is -2.16. The molecule has 0 saturated carbocycles. The number of fused-ring (bicyclic) bond motifs is 4. The highest BCUT2D eigenvalue weighted by Gasteiger charge is 2.23. The first-order valence-corrected chi connectivity index (χ1v) is 10.2. The van der Waals surface area contributed by atoms with Gasteiger partial charge in [-0.25, -0.2) is 14.8 Å². The van der Waals surface area contributed by atoms with Crippen molar-refractivity contribution in [2.45, 2.75) is 13.0 Å². The van der Waals surface area contributed by atoms with Gasteiger partial charge in [0.2, 0.25) is 5.91 Å². The number of anilines is 1. The van der Waals surface area contributed by atoms with Crippen LogP contribution in [-0.2, 0) is 9.53 Å². The molecule has 7 nitrogen and oxygen atoms in total. The number of aromatic nitrogens is 3. The molecule has 1 N–H and O–H groups in total. The van der Waals surface area contributed by atoms with Gasteiger partial charge in [0, 0.05) is 11.1 Å². The molecule has 5 aromatic rings. The zero-order valence-corrected chi connectivity index (χ0v) is 17.6. The van der Waals surface area contributed by atoms with Crippen LogP contribution in [0.5, 0.6) is 0 Å². The predicted octanol–water partition coefficient (Wildman–Crippen LogP) is 4.72. The molecule has 1 unspecified atom stereocenters. The lowest BCUT2D eigenvalue weighted by molar-refractivity contribution is -0.118. The van der Waals surface area contributed by atoms with Gasteiger partial charge in [0.1, 0.15) is 11.6 Å². The summed E-state index contributed by atoms with van der Waals surface area (Å²) in [5, 5.41) is 3.84. The highest BCUT2D eigenvalue weighted by Crippen LogP contribution is 2.31. The minimum absolute atomic E-state index is 0.232. The molecule has 1 atom stereocenters. The fourth-order valence-electron chi connectivity index (χ4n) is 3.94. The van der Waals surface area contributed by atoms with E-state index in [2.05, 4.69) is 5.32 Å². The number of nitrogens with zero attached hydrogens (tertiary/aromatic N) is 3. The van der Waals surface area contributed by atoms with Gasteiger partial charge < -0.3 is 14.6 Å². The van der Waals surface area contributed by atoms with E-state index in [9.17, 15) is 9.59 Å². The molecule has 0 saturated heterocycles. The monoisotopic (exact) mass is 424 g/mol. The van der Waals surface area contributed by atoms with Crippen LogP contribution in [0.4, 0.5) is 5.69 Å². The average molecular weight is 424 g/mol. The van der Waals surface area contributed by atoms with Crippen LogP contribution in [0.25, 0.3) is 33.1 Å². The van der Waals surface area contributed by atoms with Crippen LogP contribution in [0, 0.1) is 0 Å². The lowest BCUT2D eigenvalue weighted by Crippen LogP contribution is -2.24. The Bertz CT molecular complexity index is 1510. The number of ether oxygens (including phenoxy) is 1. The van der Waals surface area contributed by atoms with E-state index in [0.29, 0.717) is 16.9 Å². The Morgan fingerprint density at radius 1 is 0.938 bits per heavy atom. The third-order valence-corrected chi connectivity index (χ3v) is 5.52. The van der Waals surface area contributed by atoms with Gasteiger partial charge in [-0.2, -0.15) is 0 Å². The van der Waals surface area contributed by atoms with Crippen molar-refractivity contribution in [1.29, 1.82) is 0 Å². The van der Waals surface area contributed by atoms with Crippen LogP contribution in [0.2, 0.25) is 0 Å². The molecule has 0 bridgehead atoms. The number of hydrogen-bond acceptors (Lipinski definition) is 5. The summed E-state index contributed by atoms with van der Waals surface area (Å²) in [6, 6.07) is 21.6. The SMILES string of the molecule is COC(=O)c1cccc(NC(=O)C(C)n2c3ccccc3c3nc4ccccc4nc32)c1. The molecule has 0 fully saturated rings. The molecule has 0 aliphatic rings. The number of carbonyl (C=O) groups excluding carboxylic acids is 2. The largest absolute Gasteiger partial charge is 0.465 e. The van der Waals surface area contributed by atoms with Crippen LogP contribution in [0.3, 0.4) is 0 Å². The summed E-state index contributed by atoms with van der Waals surface area (Å²) in [5.41, 5.74) is 4.74. The van der Waals surface area contributed by atoms with Crippen LogP contribution in [0.1, 0.15) is 23.3 Å². The molecule has 158 valence electrons. The van der Waals surface area contributed by atoms with Crippen LogP contribution < -0.4 is 5.32 Å². The number of rotatable bonds is 4. The molecule has 5 rings (SSSR count). The Kier molecular flexibility index (Phi) is 4.78. The number of amides is 1. The van der Waals surface area contributed by atoms with Gasteiger partial charge in [-0.1, -0.05) is 36.4 Å². The molecule has 0 radical (unpaired) electrons. The first-order valence-electron chi connectivity index (χ1n) is 10.2. The highest BCUT2D eigenvalue weighted by atomic mass is 16.5. The van der Waals surface area contributed by atoms with Crippen LogP contribution >= 0.6 is 0 Å². The number of esters is 1. The minimum atomic E-state index is -0.574. The summed E-state index contributed by atoms with van der Waals surface area (Å²) < 4.78 is 6.67. The van der Waals surface area contributed by atoms with Gasteiger partial charge >= 0.3 is 5.97 Å². The molecule has 32 heavy (non-hydrogen) atoms. The highest BCUT2D eigenvalue weighted by molar-refractivity contribution is 6.08. The summed E-state index contributed by atoms with van der Waals surface area (Å²) >= 11 is 0. The maximum Gasteiger partial charge on any atom is 0.337 e. The summed E-state index contributed by atoms with van der Waals surface area (Å²) in [4.78, 5) is 34.7. The van der Waals surface area contributed by atoms with Gasteiger partial charge in [0.15, 0.2) is 5.65 Å². The second-order valence-corrected chi connectivity index (χ2v) is 7.51. The number of hydrogen-bond donors (Lipinski definition) is 1. The van der Waals surface area contributed by atoms with Crippen molar-refractivity contribution < 1.29 is 14.3 Å². The molecule has 0 spiro atoms. The molecule has 3 aromatic carbocycles. The van der Waals surface area contributed by atoms with Crippen molar-refractivity contribution in [2.75, 3.05) is 12.4 Å². The average Bonchev–Trinajstić information content (AvgIpc) is 3.15. The van der Waals surface area contributed by atoms with Crippen molar-refractivity contribution in [1.82, 2.24) is 14.5 Å². The number of benzene rings is 3. The molecule has 0 aliphatic heterocycles. The summed E-state index contributed by atoms with van der Waals surface area (Å²) in [5.74, 6) is -0.691. The van der Waals surface area contributed by atoms with Crippen LogP contribution in [0.15, 0.2) is 72.8 Å². The summed E-state index contributed by atoms with van der Waals surface area (Å²) in [6.45, 7) is 1.82. The number of methoxy groups -OCH3 is 1. The zero-order valence-electron chi connectivity index (χ0n) is 17.6. The van der Waals surface area contributed by atoms with Crippen molar-refractivity contribution in [2.24, 2.45) is 0 Å². The van der Waals surface area contributed by atoms with Crippen molar-refractivity contribution in [3.05, 3.63) is 78.4 Å². The number of carbonyl (C=O) groups is 2. The molecular formula is C25H20N4O3. The predicted molar refractivity (Wildman–Crippen MR) is 124 cm³/mol. The van der Waals surface area contributed by atoms with E-state index in [1.165, 1.54) is 7.11 Å².